The Morgan fingerprint density at radius 3 is 2.64 bits per heavy atom. The Labute approximate surface area is 155 Å². The van der Waals surface area contributed by atoms with Crippen molar-refractivity contribution in [2.45, 2.75) is 17.5 Å². The van der Waals surface area contributed by atoms with E-state index in [0.29, 0.717) is 50.8 Å². The van der Waals surface area contributed by atoms with Crippen molar-refractivity contribution in [2.24, 2.45) is 5.92 Å². The number of aliphatic hydroxyl groups excluding tert-OH is 1. The Morgan fingerprint density at radius 1 is 1.24 bits per heavy atom. The number of nitrogens with one attached hydrogen (secondary N) is 2. The maximum Gasteiger partial charge on any atom is 0.243 e. The second-order valence-electron chi connectivity index (χ2n) is 6.24. The first-order valence-electron chi connectivity index (χ1n) is 8.34. The molecule has 2 aliphatic heterocycles. The van der Waals surface area contributed by atoms with Crippen LogP contribution in [-0.2, 0) is 21.3 Å². The standard InChI is InChI=1S/C16H25N3O4S.ClH/c20-15-12-18-11-14(15)10-17-9-13-3-1-2-4-16(13)24(21,22)19-5-7-23-8-6-19;/h1-4,14-15,17-18,20H,5-12H2;1H. The molecule has 0 saturated carbocycles. The first-order chi connectivity index (χ1) is 11.6. The van der Waals surface area contributed by atoms with Gasteiger partial charge in [0.25, 0.3) is 0 Å². The molecule has 3 N–H and O–H groups in total. The van der Waals surface area contributed by atoms with Gasteiger partial charge in [-0.15, -0.1) is 12.4 Å². The van der Waals surface area contributed by atoms with E-state index in [1.807, 2.05) is 12.1 Å². The molecule has 142 valence electrons. The molecule has 0 spiro atoms. The van der Waals surface area contributed by atoms with Crippen molar-refractivity contribution in [3.63, 3.8) is 0 Å². The van der Waals surface area contributed by atoms with E-state index in [-0.39, 0.29) is 24.4 Å². The molecule has 2 unspecified atom stereocenters. The van der Waals surface area contributed by atoms with Crippen molar-refractivity contribution in [2.75, 3.05) is 45.9 Å². The molecule has 2 heterocycles. The summed E-state index contributed by atoms with van der Waals surface area (Å²) in [6.45, 7) is 4.17. The molecule has 3 rings (SSSR count). The summed E-state index contributed by atoms with van der Waals surface area (Å²) in [5, 5.41) is 16.3. The minimum absolute atomic E-state index is 0. The fraction of sp³-hybridized carbons (Fsp3) is 0.625. The molecule has 1 aromatic carbocycles. The number of sulfonamides is 1. The van der Waals surface area contributed by atoms with E-state index >= 15 is 0 Å². The first-order valence-corrected chi connectivity index (χ1v) is 9.78. The van der Waals surface area contributed by atoms with Crippen molar-refractivity contribution in [3.8, 4) is 0 Å². The zero-order valence-corrected chi connectivity index (χ0v) is 15.7. The van der Waals surface area contributed by atoms with Crippen molar-refractivity contribution in [1.82, 2.24) is 14.9 Å². The molecule has 25 heavy (non-hydrogen) atoms. The van der Waals surface area contributed by atoms with Gasteiger partial charge in [0, 0.05) is 45.2 Å². The Hall–Kier alpha value is -0.740. The monoisotopic (exact) mass is 391 g/mol. The largest absolute Gasteiger partial charge is 0.391 e. The molecular weight excluding hydrogens is 366 g/mol. The molecule has 2 fully saturated rings. The van der Waals surface area contributed by atoms with Gasteiger partial charge in [0.15, 0.2) is 0 Å². The van der Waals surface area contributed by atoms with E-state index in [1.54, 1.807) is 12.1 Å². The van der Waals surface area contributed by atoms with Crippen LogP contribution in [-0.4, -0.2) is 69.9 Å². The van der Waals surface area contributed by atoms with Gasteiger partial charge >= 0.3 is 0 Å². The summed E-state index contributed by atoms with van der Waals surface area (Å²) in [4.78, 5) is 0.351. The average Bonchev–Trinajstić information content (AvgIpc) is 3.01. The molecule has 0 amide bonds. The van der Waals surface area contributed by atoms with E-state index in [2.05, 4.69) is 10.6 Å². The second-order valence-corrected chi connectivity index (χ2v) is 8.15. The third kappa shape index (κ3) is 4.91. The third-order valence-electron chi connectivity index (χ3n) is 4.59. The minimum atomic E-state index is -3.50. The van der Waals surface area contributed by atoms with Crippen LogP contribution in [0.4, 0.5) is 0 Å². The van der Waals surface area contributed by atoms with Crippen LogP contribution in [0, 0.1) is 5.92 Å². The highest BCUT2D eigenvalue weighted by Gasteiger charge is 2.28. The zero-order valence-electron chi connectivity index (χ0n) is 14.1. The molecule has 0 aliphatic carbocycles. The van der Waals surface area contributed by atoms with Crippen LogP contribution in [0.5, 0.6) is 0 Å². The van der Waals surface area contributed by atoms with Crippen molar-refractivity contribution in [3.05, 3.63) is 29.8 Å². The lowest BCUT2D eigenvalue weighted by Crippen LogP contribution is -2.41. The molecule has 7 nitrogen and oxygen atoms in total. The molecular formula is C16H26ClN3O4S. The Bertz CT molecular complexity index is 653. The lowest BCUT2D eigenvalue weighted by molar-refractivity contribution is 0.0730. The molecule has 1 aromatic rings. The normalized spacial score (nSPS) is 24.8. The predicted molar refractivity (Wildman–Crippen MR) is 97.3 cm³/mol. The quantitative estimate of drug-likeness (QED) is 0.622. The number of morpholine rings is 1. The van der Waals surface area contributed by atoms with E-state index in [9.17, 15) is 13.5 Å². The summed E-state index contributed by atoms with van der Waals surface area (Å²) in [5.74, 6) is 0.160. The minimum Gasteiger partial charge on any atom is -0.391 e. The fourth-order valence-electron chi connectivity index (χ4n) is 3.15. The number of halogens is 1. The van der Waals surface area contributed by atoms with Gasteiger partial charge in [0.05, 0.1) is 24.2 Å². The van der Waals surface area contributed by atoms with E-state index in [0.717, 1.165) is 12.1 Å². The Kier molecular flexibility index (Phi) is 7.63. The zero-order chi connectivity index (χ0) is 17.0. The summed E-state index contributed by atoms with van der Waals surface area (Å²) in [5.41, 5.74) is 0.754. The molecule has 9 heteroatoms. The molecule has 0 bridgehead atoms. The average molecular weight is 392 g/mol. The van der Waals surface area contributed by atoms with Crippen LogP contribution >= 0.6 is 12.4 Å². The number of hydrogen-bond donors (Lipinski definition) is 3. The van der Waals surface area contributed by atoms with Crippen molar-refractivity contribution < 1.29 is 18.3 Å². The number of ether oxygens (including phenoxy) is 1. The van der Waals surface area contributed by atoms with Crippen LogP contribution < -0.4 is 10.6 Å². The topological polar surface area (TPSA) is 90.9 Å². The van der Waals surface area contributed by atoms with E-state index in [1.165, 1.54) is 4.31 Å². The number of hydrogen-bond acceptors (Lipinski definition) is 6. The van der Waals surface area contributed by atoms with Crippen LogP contribution in [0.2, 0.25) is 0 Å². The highest BCUT2D eigenvalue weighted by Crippen LogP contribution is 2.21. The van der Waals surface area contributed by atoms with Crippen molar-refractivity contribution >= 4 is 22.4 Å². The number of benzene rings is 1. The molecule has 2 saturated heterocycles. The summed E-state index contributed by atoms with van der Waals surface area (Å²) in [7, 11) is -3.50. The van der Waals surface area contributed by atoms with Gasteiger partial charge in [0.2, 0.25) is 10.0 Å². The molecule has 0 aromatic heterocycles. The molecule has 2 aliphatic rings. The van der Waals surface area contributed by atoms with Gasteiger partial charge in [-0.25, -0.2) is 8.42 Å². The summed E-state index contributed by atoms with van der Waals surface area (Å²) in [6.07, 6.45) is -0.343. The highest BCUT2D eigenvalue weighted by molar-refractivity contribution is 7.89. The fourth-order valence-corrected chi connectivity index (χ4v) is 4.78. The van der Waals surface area contributed by atoms with Gasteiger partial charge < -0.3 is 20.5 Å². The molecule has 2 atom stereocenters. The predicted octanol–water partition coefficient (Wildman–Crippen LogP) is -0.201. The van der Waals surface area contributed by atoms with Gasteiger partial charge in [-0.3, -0.25) is 0 Å². The van der Waals surface area contributed by atoms with Crippen LogP contribution in [0.1, 0.15) is 5.56 Å². The number of rotatable bonds is 6. The van der Waals surface area contributed by atoms with E-state index < -0.39 is 10.0 Å². The Morgan fingerprint density at radius 2 is 1.96 bits per heavy atom. The number of aliphatic hydroxyl groups is 1. The summed E-state index contributed by atoms with van der Waals surface area (Å²) in [6, 6.07) is 7.10. The maximum absolute atomic E-state index is 12.9. The van der Waals surface area contributed by atoms with Gasteiger partial charge in [-0.05, 0) is 11.6 Å². The maximum atomic E-state index is 12.9. The number of β-amino-alcohol motifs (C(OH)–C–C–N with tert-alkyl or cyclic N) is 1. The van der Waals surface area contributed by atoms with Crippen LogP contribution in [0.3, 0.4) is 0 Å². The van der Waals surface area contributed by atoms with Gasteiger partial charge in [-0.2, -0.15) is 4.31 Å². The second kappa shape index (κ2) is 9.27. The van der Waals surface area contributed by atoms with Gasteiger partial charge in [-0.1, -0.05) is 18.2 Å². The smallest absolute Gasteiger partial charge is 0.243 e. The van der Waals surface area contributed by atoms with Crippen LogP contribution in [0.15, 0.2) is 29.2 Å². The van der Waals surface area contributed by atoms with Crippen molar-refractivity contribution in [1.29, 1.82) is 0 Å². The molecule has 0 radical (unpaired) electrons. The Balaban J connectivity index is 0.00000225. The van der Waals surface area contributed by atoms with Crippen LogP contribution in [0.25, 0.3) is 0 Å². The van der Waals surface area contributed by atoms with Gasteiger partial charge in [0.1, 0.15) is 0 Å². The van der Waals surface area contributed by atoms with E-state index in [4.69, 9.17) is 4.74 Å². The number of nitrogens with zero attached hydrogens (tertiary/aromatic N) is 1. The lowest BCUT2D eigenvalue weighted by Gasteiger charge is -2.27. The summed E-state index contributed by atoms with van der Waals surface area (Å²) >= 11 is 0. The third-order valence-corrected chi connectivity index (χ3v) is 6.59. The highest BCUT2D eigenvalue weighted by atomic mass is 35.5. The SMILES string of the molecule is Cl.O=S(=O)(c1ccccc1CNCC1CNCC1O)N1CCOCC1. The lowest BCUT2D eigenvalue weighted by atomic mass is 10.1. The first kappa shape index (κ1) is 20.6. The summed E-state index contributed by atoms with van der Waals surface area (Å²) < 4.78 is 32.5.